The molecule has 0 unspecified atom stereocenters. The molecule has 8 nitrogen and oxygen atoms in total. The van der Waals surface area contributed by atoms with E-state index in [4.69, 9.17) is 0 Å². The summed E-state index contributed by atoms with van der Waals surface area (Å²) >= 11 is 1.20. The first kappa shape index (κ1) is 21.6. The van der Waals surface area contributed by atoms with Gasteiger partial charge in [-0.05, 0) is 25.1 Å². The van der Waals surface area contributed by atoms with Crippen LogP contribution in [0.15, 0.2) is 40.6 Å². The van der Waals surface area contributed by atoms with Crippen molar-refractivity contribution in [1.82, 2.24) is 24.4 Å². The van der Waals surface area contributed by atoms with Gasteiger partial charge >= 0.3 is 6.18 Å². The predicted octanol–water partition coefficient (Wildman–Crippen LogP) is 1.84. The highest BCUT2D eigenvalue weighted by Crippen LogP contribution is 2.31. The molecule has 0 saturated carbocycles. The number of benzene rings is 1. The summed E-state index contributed by atoms with van der Waals surface area (Å²) < 4.78 is 65.2. The number of aromatic amines is 1. The zero-order valence-corrected chi connectivity index (χ0v) is 16.9. The van der Waals surface area contributed by atoms with Gasteiger partial charge in [-0.15, -0.1) is 0 Å². The number of aromatic nitrogens is 3. The molecule has 1 aliphatic rings. The number of hydrogen-bond acceptors (Lipinski definition) is 6. The Morgan fingerprint density at radius 2 is 1.93 bits per heavy atom. The van der Waals surface area contributed by atoms with Crippen molar-refractivity contribution >= 4 is 27.7 Å². The van der Waals surface area contributed by atoms with Crippen LogP contribution < -0.4 is 0 Å². The number of carbonyl (C=O) groups is 1. The van der Waals surface area contributed by atoms with E-state index >= 15 is 0 Å². The van der Waals surface area contributed by atoms with E-state index in [2.05, 4.69) is 15.2 Å². The molecule has 1 amide bonds. The Kier molecular flexibility index (Phi) is 6.19. The van der Waals surface area contributed by atoms with E-state index in [1.807, 2.05) is 0 Å². The molecule has 2 aromatic rings. The quantitative estimate of drug-likeness (QED) is 0.700. The number of alkyl halides is 3. The number of amides is 1. The van der Waals surface area contributed by atoms with Gasteiger partial charge < -0.3 is 4.90 Å². The summed E-state index contributed by atoms with van der Waals surface area (Å²) in [6, 6.07) is 3.66. The van der Waals surface area contributed by atoms with Gasteiger partial charge in [0.05, 0.1) is 15.7 Å². The van der Waals surface area contributed by atoms with Crippen molar-refractivity contribution in [2.45, 2.75) is 28.4 Å². The van der Waals surface area contributed by atoms with E-state index in [1.165, 1.54) is 23.0 Å². The molecule has 29 heavy (non-hydrogen) atoms. The van der Waals surface area contributed by atoms with E-state index < -0.39 is 31.9 Å². The molecular formula is C16H18F3N5O3S2. The van der Waals surface area contributed by atoms with Gasteiger partial charge in [0.15, 0.2) is 5.16 Å². The minimum absolute atomic E-state index is 0.00398. The molecule has 0 bridgehead atoms. The topological polar surface area (TPSA) is 99.3 Å². The van der Waals surface area contributed by atoms with Gasteiger partial charge in [0, 0.05) is 26.2 Å². The molecule has 1 fully saturated rings. The first-order valence-electron chi connectivity index (χ1n) is 8.57. The van der Waals surface area contributed by atoms with Crippen molar-refractivity contribution in [3.8, 4) is 0 Å². The molecule has 1 atom stereocenters. The standard InChI is InChI=1S/C16H18F3N5O3S2/c1-11(28-15-20-10-21-22-15)14(25)23-5-7-24(8-6-23)29(26,27)13-4-2-3-12(9-13)16(17,18)19/h2-4,9-11H,5-8H2,1H3,(H,20,21,22)/t11-/m1/s1. The maximum Gasteiger partial charge on any atom is 0.416 e. The van der Waals surface area contributed by atoms with Gasteiger partial charge in [-0.25, -0.2) is 13.4 Å². The summed E-state index contributed by atoms with van der Waals surface area (Å²) in [5, 5.41) is 6.41. The number of carbonyl (C=O) groups excluding carboxylic acids is 1. The number of halogens is 3. The summed E-state index contributed by atoms with van der Waals surface area (Å²) in [7, 11) is -4.09. The molecule has 1 saturated heterocycles. The van der Waals surface area contributed by atoms with E-state index in [0.717, 1.165) is 22.5 Å². The van der Waals surface area contributed by atoms with E-state index in [9.17, 15) is 26.4 Å². The lowest BCUT2D eigenvalue weighted by atomic mass is 10.2. The summed E-state index contributed by atoms with van der Waals surface area (Å²) in [5.41, 5.74) is -1.02. The number of thioether (sulfide) groups is 1. The Bertz CT molecular complexity index is 958. The first-order valence-corrected chi connectivity index (χ1v) is 10.9. The van der Waals surface area contributed by atoms with Crippen LogP contribution in [0, 0.1) is 0 Å². The second kappa shape index (κ2) is 8.32. The van der Waals surface area contributed by atoms with Crippen LogP contribution in [0.3, 0.4) is 0 Å². The van der Waals surface area contributed by atoms with Crippen LogP contribution in [-0.4, -0.2) is 70.1 Å². The lowest BCUT2D eigenvalue weighted by molar-refractivity contribution is -0.137. The second-order valence-electron chi connectivity index (χ2n) is 6.31. The van der Waals surface area contributed by atoms with Gasteiger partial charge in [-0.3, -0.25) is 9.89 Å². The van der Waals surface area contributed by atoms with Gasteiger partial charge in [0.2, 0.25) is 15.9 Å². The maximum atomic E-state index is 12.9. The number of nitrogens with one attached hydrogen (secondary N) is 1. The van der Waals surface area contributed by atoms with Crippen LogP contribution in [0.4, 0.5) is 13.2 Å². The number of H-pyrrole nitrogens is 1. The highest BCUT2D eigenvalue weighted by atomic mass is 32.2. The smallest absolute Gasteiger partial charge is 0.339 e. The molecular weight excluding hydrogens is 431 g/mol. The number of rotatable bonds is 5. The molecule has 1 aliphatic heterocycles. The molecule has 158 valence electrons. The maximum absolute atomic E-state index is 12.9. The van der Waals surface area contributed by atoms with Crippen LogP contribution in [0.25, 0.3) is 0 Å². The van der Waals surface area contributed by atoms with Gasteiger partial charge in [-0.1, -0.05) is 17.8 Å². The third kappa shape index (κ3) is 4.90. The molecule has 1 aromatic heterocycles. The Morgan fingerprint density at radius 1 is 1.24 bits per heavy atom. The molecule has 1 aromatic carbocycles. The van der Waals surface area contributed by atoms with Gasteiger partial charge in [0.25, 0.3) is 0 Å². The van der Waals surface area contributed by atoms with E-state index in [-0.39, 0.29) is 32.1 Å². The van der Waals surface area contributed by atoms with Crippen molar-refractivity contribution in [3.63, 3.8) is 0 Å². The zero-order chi connectivity index (χ0) is 21.2. The first-order chi connectivity index (χ1) is 13.6. The Hall–Kier alpha value is -2.12. The van der Waals surface area contributed by atoms with Crippen molar-refractivity contribution in [2.75, 3.05) is 26.2 Å². The second-order valence-corrected chi connectivity index (χ2v) is 9.57. The number of nitrogens with zero attached hydrogens (tertiary/aromatic N) is 4. The van der Waals surface area contributed by atoms with Crippen molar-refractivity contribution in [1.29, 1.82) is 0 Å². The number of sulfonamides is 1. The fourth-order valence-corrected chi connectivity index (χ4v) is 5.12. The van der Waals surface area contributed by atoms with Crippen LogP contribution in [0.2, 0.25) is 0 Å². The van der Waals surface area contributed by atoms with Crippen LogP contribution in [0.5, 0.6) is 0 Å². The molecule has 0 spiro atoms. The molecule has 13 heteroatoms. The minimum atomic E-state index is -4.63. The number of piperazine rings is 1. The molecule has 2 heterocycles. The third-order valence-electron chi connectivity index (χ3n) is 4.38. The van der Waals surface area contributed by atoms with Gasteiger partial charge in [0.1, 0.15) is 6.33 Å². The minimum Gasteiger partial charge on any atom is -0.339 e. The lowest BCUT2D eigenvalue weighted by Crippen LogP contribution is -2.52. The third-order valence-corrected chi connectivity index (χ3v) is 7.25. The van der Waals surface area contributed by atoms with Crippen molar-refractivity contribution in [3.05, 3.63) is 36.2 Å². The zero-order valence-electron chi connectivity index (χ0n) is 15.3. The van der Waals surface area contributed by atoms with E-state index in [1.54, 1.807) is 6.92 Å². The summed E-state index contributed by atoms with van der Waals surface area (Å²) in [6.45, 7) is 2.02. The monoisotopic (exact) mass is 449 g/mol. The van der Waals surface area contributed by atoms with Crippen molar-refractivity contribution < 1.29 is 26.4 Å². The largest absolute Gasteiger partial charge is 0.416 e. The predicted molar refractivity (Wildman–Crippen MR) is 98.5 cm³/mol. The Morgan fingerprint density at radius 3 is 2.52 bits per heavy atom. The van der Waals surface area contributed by atoms with Crippen LogP contribution >= 0.6 is 11.8 Å². The average Bonchev–Trinajstić information content (AvgIpc) is 3.20. The van der Waals surface area contributed by atoms with Crippen molar-refractivity contribution in [2.24, 2.45) is 0 Å². The lowest BCUT2D eigenvalue weighted by Gasteiger charge is -2.35. The SMILES string of the molecule is C[C@@H](Sc1ncn[nH]1)C(=O)N1CCN(S(=O)(=O)c2cccc(C(F)(F)F)c2)CC1. The fourth-order valence-electron chi connectivity index (χ4n) is 2.86. The highest BCUT2D eigenvalue weighted by Gasteiger charge is 2.35. The van der Waals surface area contributed by atoms with Crippen LogP contribution in [0.1, 0.15) is 12.5 Å². The summed E-state index contributed by atoms with van der Waals surface area (Å²) in [5.74, 6) is -0.178. The molecule has 1 N–H and O–H groups in total. The molecule has 0 radical (unpaired) electrons. The summed E-state index contributed by atoms with van der Waals surface area (Å²) in [4.78, 5) is 17.6. The van der Waals surface area contributed by atoms with E-state index in [0.29, 0.717) is 11.2 Å². The molecule has 0 aliphatic carbocycles. The van der Waals surface area contributed by atoms with Crippen LogP contribution in [-0.2, 0) is 21.0 Å². The fraction of sp³-hybridized carbons (Fsp3) is 0.438. The van der Waals surface area contributed by atoms with Gasteiger partial charge in [-0.2, -0.15) is 22.6 Å². The molecule has 3 rings (SSSR count). The Labute approximate surface area is 169 Å². The summed E-state index contributed by atoms with van der Waals surface area (Å²) in [6.07, 6.45) is -3.30. The normalized spacial score (nSPS) is 17.3. The Balaban J connectivity index is 1.64. The highest BCUT2D eigenvalue weighted by molar-refractivity contribution is 8.00. The number of hydrogen-bond donors (Lipinski definition) is 1. The average molecular weight is 449 g/mol.